The third kappa shape index (κ3) is 12.9. The largest absolute Gasteiger partial charge is 0.456 e. The van der Waals surface area contributed by atoms with Gasteiger partial charge in [-0.15, -0.1) is 0 Å². The van der Waals surface area contributed by atoms with Crippen molar-refractivity contribution >= 4 is 111 Å². The number of anilines is 8. The van der Waals surface area contributed by atoms with Gasteiger partial charge in [0.15, 0.2) is 11.2 Å². The molecule has 0 saturated heterocycles. The van der Waals surface area contributed by atoms with Crippen LogP contribution in [0.15, 0.2) is 474 Å². The Bertz CT molecular complexity index is 8580. The van der Waals surface area contributed by atoms with E-state index in [1.165, 1.54) is 139 Å². The first-order valence-corrected chi connectivity index (χ1v) is 47.1. The topological polar surface area (TPSA) is 87.5 Å². The second-order valence-corrected chi connectivity index (χ2v) is 37.4. The van der Waals surface area contributed by atoms with Crippen molar-refractivity contribution in [3.8, 4) is 55.6 Å². The van der Waals surface area contributed by atoms with Gasteiger partial charge in [-0.3, -0.25) is 0 Å². The molecule has 0 bridgehead atoms. The molecule has 23 aromatic rings. The van der Waals surface area contributed by atoms with E-state index in [-0.39, 0.29) is 16.2 Å². The Morgan fingerprint density at radius 3 is 1.16 bits per heavy atom. The first kappa shape index (κ1) is 81.0. The Hall–Kier alpha value is -17.0. The Morgan fingerprint density at radius 1 is 0.206 bits per heavy atom. The van der Waals surface area contributed by atoms with Gasteiger partial charge in [0.1, 0.15) is 22.3 Å². The van der Waals surface area contributed by atoms with Crippen LogP contribution >= 0.6 is 0 Å². The fourth-order valence-corrected chi connectivity index (χ4v) is 23.2. The summed E-state index contributed by atoms with van der Waals surface area (Å²) in [6.07, 6.45) is 0.957. The van der Waals surface area contributed by atoms with E-state index in [2.05, 4.69) is 474 Å². The molecular formula is C129H94N4O3. The van der Waals surface area contributed by atoms with Crippen LogP contribution in [-0.4, -0.2) is 0 Å². The summed E-state index contributed by atoms with van der Waals surface area (Å²) in [5, 5.41) is 21.9. The van der Waals surface area contributed by atoms with Crippen molar-refractivity contribution in [2.24, 2.45) is 0 Å². The van der Waals surface area contributed by atoms with Crippen LogP contribution in [0.2, 0.25) is 0 Å². The quantitative estimate of drug-likeness (QED) is 0.0969. The molecule has 28 rings (SSSR count). The van der Waals surface area contributed by atoms with Crippen molar-refractivity contribution in [1.82, 2.24) is 0 Å². The van der Waals surface area contributed by atoms with Gasteiger partial charge in [0.2, 0.25) is 0 Å². The highest BCUT2D eigenvalue weighted by atomic mass is 16.3. The maximum atomic E-state index is 6.22. The van der Waals surface area contributed by atoms with Crippen LogP contribution in [0.4, 0.5) is 45.5 Å². The monoisotopic (exact) mass is 1750 g/mol. The molecule has 5 aliphatic rings. The van der Waals surface area contributed by atoms with Crippen molar-refractivity contribution < 1.29 is 13.3 Å². The van der Waals surface area contributed by atoms with Crippen LogP contribution in [0.25, 0.3) is 121 Å². The Kier molecular flexibility index (Phi) is 19.4. The summed E-state index contributed by atoms with van der Waals surface area (Å²) in [6.45, 7) is 9.22. The van der Waals surface area contributed by atoms with Gasteiger partial charge in [-0.2, -0.15) is 0 Å². The Labute approximate surface area is 790 Å². The van der Waals surface area contributed by atoms with Crippen molar-refractivity contribution in [2.75, 3.05) is 21.3 Å². The number of fused-ring (bicyclic) bond motifs is 24. The summed E-state index contributed by atoms with van der Waals surface area (Å²) in [5.41, 5.74) is 44.9. The molecule has 7 heteroatoms. The fourth-order valence-electron chi connectivity index (χ4n) is 23.2. The maximum Gasteiger partial charge on any atom is 0.158 e. The molecule has 7 nitrogen and oxygen atoms in total. The molecule has 0 atom stereocenters. The minimum Gasteiger partial charge on any atom is -0.456 e. The van der Waals surface area contributed by atoms with Crippen LogP contribution in [0.5, 0.6) is 0 Å². The molecule has 3 heterocycles. The predicted molar refractivity (Wildman–Crippen MR) is 564 cm³/mol. The predicted octanol–water partition coefficient (Wildman–Crippen LogP) is 34.3. The molecular weight excluding hydrogens is 1650 g/mol. The second kappa shape index (κ2) is 32.5. The van der Waals surface area contributed by atoms with Crippen LogP contribution in [0, 0.1) is 0 Å². The summed E-state index contributed by atoms with van der Waals surface area (Å²) < 4.78 is 18.6. The van der Waals surface area contributed by atoms with Crippen molar-refractivity contribution in [3.63, 3.8) is 0 Å². The lowest BCUT2D eigenvalue weighted by molar-refractivity contribution is 0.660. The second-order valence-electron chi connectivity index (χ2n) is 37.4. The average Bonchev–Trinajstić information content (AvgIpc) is 1.54. The highest BCUT2D eigenvalue weighted by Gasteiger charge is 2.50. The number of hydrogen-bond donors (Lipinski definition) is 4. The van der Waals surface area contributed by atoms with Gasteiger partial charge in [-0.05, 0) is 196 Å². The first-order valence-electron chi connectivity index (χ1n) is 47.1. The lowest BCUT2D eigenvalue weighted by atomic mass is 9.67. The van der Waals surface area contributed by atoms with Gasteiger partial charge < -0.3 is 34.5 Å². The molecule has 0 saturated carbocycles. The van der Waals surface area contributed by atoms with Gasteiger partial charge >= 0.3 is 0 Å². The summed E-state index contributed by atoms with van der Waals surface area (Å²) in [4.78, 5) is 0. The summed E-state index contributed by atoms with van der Waals surface area (Å²) >= 11 is 0. The molecule has 5 aliphatic carbocycles. The van der Waals surface area contributed by atoms with E-state index in [9.17, 15) is 0 Å². The zero-order chi connectivity index (χ0) is 90.8. The summed E-state index contributed by atoms with van der Waals surface area (Å²) in [7, 11) is 0. The van der Waals surface area contributed by atoms with E-state index in [4.69, 9.17) is 13.3 Å². The van der Waals surface area contributed by atoms with Gasteiger partial charge in [-0.25, -0.2) is 0 Å². The van der Waals surface area contributed by atoms with Gasteiger partial charge in [0.05, 0.1) is 22.2 Å². The normalized spacial score (nSPS) is 13.8. The minimum absolute atomic E-state index is 0.00497. The van der Waals surface area contributed by atoms with E-state index in [1.807, 2.05) is 36.4 Å². The van der Waals surface area contributed by atoms with E-state index in [1.54, 1.807) is 0 Å². The van der Waals surface area contributed by atoms with Crippen molar-refractivity contribution in [3.05, 3.63) is 539 Å². The van der Waals surface area contributed by atoms with E-state index in [0.717, 1.165) is 112 Å². The molecule has 0 unspecified atom stereocenters. The first-order chi connectivity index (χ1) is 67.0. The van der Waals surface area contributed by atoms with E-state index >= 15 is 0 Å². The zero-order valence-electron chi connectivity index (χ0n) is 75.8. The van der Waals surface area contributed by atoms with Gasteiger partial charge in [0, 0.05) is 106 Å². The smallest absolute Gasteiger partial charge is 0.158 e. The molecule has 0 spiro atoms. The number of nitrogens with one attached hydrogen (secondary N) is 4. The average molecular weight is 1750 g/mol. The molecule has 4 N–H and O–H groups in total. The van der Waals surface area contributed by atoms with Crippen LogP contribution in [-0.2, 0) is 28.1 Å². The number of para-hydroxylation sites is 5. The SMILES string of the molecule is CC1(C)c2ccccc2-c2c(Nc3cccc4c3oc3ccccc34)cccc21.CC1(C)c2ccccc2-c2cc(Nc3cccc4c3oc3ccccc34)ccc21.c1ccc(C2(c3ccccc3)c3ccccc3-c3c(Nc4cccc5c4Cc4ccccc4-5)cccc32)cc1.c1ccc(C2(c3ccccc3)c3ccccc3-c3cccc(Nc4ccc5c(c4)oc4ccccc45)c32)cc1. The highest BCUT2D eigenvalue weighted by Crippen LogP contribution is 2.62. The van der Waals surface area contributed by atoms with Crippen molar-refractivity contribution in [1.29, 1.82) is 0 Å². The van der Waals surface area contributed by atoms with E-state index < -0.39 is 5.41 Å². The highest BCUT2D eigenvalue weighted by molar-refractivity contribution is 6.12. The maximum absolute atomic E-state index is 6.22. The third-order valence-corrected chi connectivity index (χ3v) is 29.3. The molecule has 136 heavy (non-hydrogen) atoms. The van der Waals surface area contributed by atoms with E-state index in [0.29, 0.717) is 0 Å². The molecule has 20 aromatic carbocycles. The number of furan rings is 3. The summed E-state index contributed by atoms with van der Waals surface area (Å²) in [5.74, 6) is 0. The van der Waals surface area contributed by atoms with Gasteiger partial charge in [-0.1, -0.05) is 404 Å². The van der Waals surface area contributed by atoms with Crippen LogP contribution in [0.1, 0.15) is 106 Å². The molecule has 0 amide bonds. The van der Waals surface area contributed by atoms with Crippen LogP contribution in [0.3, 0.4) is 0 Å². The zero-order valence-corrected chi connectivity index (χ0v) is 75.8. The standard InChI is InChI=1S/C38H27N.C37H25NO.2C27H21NO/c1-3-14-27(15-4-1)38(28-16-5-2-6-17-28)33-21-10-9-19-31(33)37-34(38)22-12-24-36(37)39-35-23-11-20-30-29-18-8-7-13-26(29)25-32(30)35;1-3-12-25(13-4-1)37(26-14-5-2-6-15-26)32-19-9-7-16-28(32)31-18-11-20-33(36(31)37)38-27-22-23-30-29-17-8-10-21-34(29)39-35(30)24-27;1-27(2)20-12-5-3-10-19(20)25-21(27)13-8-14-22(25)28-23-15-7-11-18-17-9-4-6-16-24(17)29-26(18)23;1-27(2)22-11-5-3-8-18(22)21-16-17(14-15-23(21)27)28-24-12-7-10-20-19-9-4-6-13-25(19)29-26(20)24/h1-24,39H,25H2;1-24,38H;2*3-16,28H,1-2H3. The lowest BCUT2D eigenvalue weighted by Crippen LogP contribution is -2.29. The van der Waals surface area contributed by atoms with Crippen molar-refractivity contribution in [2.45, 2.75) is 55.8 Å². The third-order valence-electron chi connectivity index (χ3n) is 29.3. The number of benzene rings is 20. The van der Waals surface area contributed by atoms with Crippen LogP contribution < -0.4 is 21.3 Å². The number of hydrogen-bond acceptors (Lipinski definition) is 7. The molecule has 0 radical (unpaired) electrons. The Balaban J connectivity index is 0.0000000975. The number of rotatable bonds is 12. The fraction of sp³-hybridized carbons (Fsp3) is 0.0698. The molecule has 648 valence electrons. The minimum atomic E-state index is -0.457. The molecule has 0 aliphatic heterocycles. The Morgan fingerprint density at radius 2 is 0.559 bits per heavy atom. The van der Waals surface area contributed by atoms with Gasteiger partial charge in [0.25, 0.3) is 0 Å². The lowest BCUT2D eigenvalue weighted by Gasteiger charge is -2.35. The molecule has 0 fully saturated rings. The summed E-state index contributed by atoms with van der Waals surface area (Å²) in [6, 6.07) is 165. The molecule has 3 aromatic heterocycles.